The number of benzene rings is 1. The number of rotatable bonds is 3. The van der Waals surface area contributed by atoms with E-state index in [1.165, 1.54) is 12.8 Å². The Morgan fingerprint density at radius 1 is 1.04 bits per heavy atom. The lowest BCUT2D eigenvalue weighted by molar-refractivity contribution is 0.0495. The Bertz CT molecular complexity index is 574. The first-order valence-electron chi connectivity index (χ1n) is 8.81. The van der Waals surface area contributed by atoms with E-state index in [9.17, 15) is 4.79 Å². The van der Waals surface area contributed by atoms with Crippen LogP contribution in [-0.2, 0) is 0 Å². The lowest BCUT2D eigenvalue weighted by Crippen LogP contribution is -2.47. The van der Waals surface area contributed by atoms with Gasteiger partial charge in [0.1, 0.15) is 11.5 Å². The largest absolute Gasteiger partial charge is 0.496 e. The molecule has 2 heterocycles. The van der Waals surface area contributed by atoms with Crippen LogP contribution < -0.4 is 14.8 Å². The van der Waals surface area contributed by atoms with E-state index in [1.54, 1.807) is 14.2 Å². The topological polar surface area (TPSA) is 50.8 Å². The zero-order valence-corrected chi connectivity index (χ0v) is 15.0. The zero-order valence-electron chi connectivity index (χ0n) is 15.0. The maximum Gasteiger partial charge on any atom is 0.254 e. The molecule has 0 bridgehead atoms. The molecular weight excluding hydrogens is 304 g/mol. The van der Waals surface area contributed by atoms with Gasteiger partial charge in [-0.2, -0.15) is 0 Å². The molecule has 0 radical (unpaired) electrons. The maximum atomic E-state index is 12.9. The Balaban J connectivity index is 1.73. The van der Waals surface area contributed by atoms with Crippen LogP contribution in [0.4, 0.5) is 0 Å². The second-order valence-electron chi connectivity index (χ2n) is 7.05. The van der Waals surface area contributed by atoms with Crippen molar-refractivity contribution in [2.45, 2.75) is 32.6 Å². The number of likely N-dealkylation sites (tertiary alicyclic amines) is 1. The van der Waals surface area contributed by atoms with Gasteiger partial charge in [0.25, 0.3) is 5.91 Å². The molecule has 1 amide bonds. The molecule has 0 saturated carbocycles. The fraction of sp³-hybridized carbons (Fsp3) is 0.632. The molecule has 0 aliphatic carbocycles. The van der Waals surface area contributed by atoms with Gasteiger partial charge in [-0.25, -0.2) is 0 Å². The highest BCUT2D eigenvalue weighted by Crippen LogP contribution is 2.40. The fourth-order valence-corrected chi connectivity index (χ4v) is 4.03. The summed E-state index contributed by atoms with van der Waals surface area (Å²) in [4.78, 5) is 14.9. The van der Waals surface area contributed by atoms with Gasteiger partial charge in [0, 0.05) is 24.2 Å². The molecule has 1 aromatic carbocycles. The highest BCUT2D eigenvalue weighted by atomic mass is 16.5. The van der Waals surface area contributed by atoms with E-state index in [-0.39, 0.29) is 5.91 Å². The molecular formula is C19H28N2O3. The van der Waals surface area contributed by atoms with Crippen molar-refractivity contribution in [3.8, 4) is 11.5 Å². The number of amides is 1. The molecule has 0 atom stereocenters. The first-order valence-corrected chi connectivity index (χ1v) is 8.81. The summed E-state index contributed by atoms with van der Waals surface area (Å²) in [5, 5.41) is 3.44. The second kappa shape index (κ2) is 7.01. The summed E-state index contributed by atoms with van der Waals surface area (Å²) in [6.07, 6.45) is 4.70. The lowest BCUT2D eigenvalue weighted by Gasteiger charge is -2.44. The molecule has 132 valence electrons. The molecule has 1 spiro atoms. The Hall–Kier alpha value is -1.75. The third kappa shape index (κ3) is 3.22. The average Bonchev–Trinajstić information content (AvgIpc) is 2.63. The minimum atomic E-state index is 0.0791. The maximum absolute atomic E-state index is 12.9. The van der Waals surface area contributed by atoms with Crippen LogP contribution in [0.1, 0.15) is 41.6 Å². The molecule has 0 aromatic heterocycles. The molecule has 5 heteroatoms. The van der Waals surface area contributed by atoms with E-state index in [2.05, 4.69) is 5.32 Å². The third-order valence-corrected chi connectivity index (χ3v) is 5.77. The SMILES string of the molecule is COc1cc(C(=O)N2CCC3(CCNCC3)CC2)cc(OC)c1C. The van der Waals surface area contributed by atoms with E-state index in [0.717, 1.165) is 44.6 Å². The molecule has 1 aromatic rings. The molecule has 3 rings (SSSR count). The van der Waals surface area contributed by atoms with Crippen LogP contribution in [0.3, 0.4) is 0 Å². The van der Waals surface area contributed by atoms with Gasteiger partial charge >= 0.3 is 0 Å². The van der Waals surface area contributed by atoms with Gasteiger partial charge in [-0.05, 0) is 63.2 Å². The number of ether oxygens (including phenoxy) is 2. The van der Waals surface area contributed by atoms with Crippen LogP contribution >= 0.6 is 0 Å². The quantitative estimate of drug-likeness (QED) is 0.924. The van der Waals surface area contributed by atoms with Crippen LogP contribution in [-0.4, -0.2) is 51.2 Å². The fourth-order valence-electron chi connectivity index (χ4n) is 4.03. The summed E-state index contributed by atoms with van der Waals surface area (Å²) in [6, 6.07) is 3.66. The number of methoxy groups -OCH3 is 2. The van der Waals surface area contributed by atoms with Crippen LogP contribution in [0.15, 0.2) is 12.1 Å². The predicted molar refractivity (Wildman–Crippen MR) is 94.0 cm³/mol. The summed E-state index contributed by atoms with van der Waals surface area (Å²) < 4.78 is 10.8. The minimum Gasteiger partial charge on any atom is -0.496 e. The predicted octanol–water partition coefficient (Wildman–Crippen LogP) is 2.62. The number of carbonyl (C=O) groups excluding carboxylic acids is 1. The second-order valence-corrected chi connectivity index (χ2v) is 7.05. The van der Waals surface area contributed by atoms with Gasteiger partial charge in [0.15, 0.2) is 0 Å². The normalized spacial score (nSPS) is 20.0. The molecule has 2 saturated heterocycles. The van der Waals surface area contributed by atoms with E-state index in [1.807, 2.05) is 24.0 Å². The average molecular weight is 332 g/mol. The lowest BCUT2D eigenvalue weighted by atomic mass is 9.71. The van der Waals surface area contributed by atoms with Gasteiger partial charge in [0.2, 0.25) is 0 Å². The van der Waals surface area contributed by atoms with Gasteiger partial charge in [-0.1, -0.05) is 0 Å². The van der Waals surface area contributed by atoms with Crippen molar-refractivity contribution in [3.05, 3.63) is 23.3 Å². The monoisotopic (exact) mass is 332 g/mol. The number of nitrogens with zero attached hydrogens (tertiary/aromatic N) is 1. The molecule has 2 aliphatic heterocycles. The van der Waals surface area contributed by atoms with E-state index in [4.69, 9.17) is 9.47 Å². The first-order chi connectivity index (χ1) is 11.6. The van der Waals surface area contributed by atoms with Crippen molar-refractivity contribution in [2.75, 3.05) is 40.4 Å². The van der Waals surface area contributed by atoms with Crippen molar-refractivity contribution < 1.29 is 14.3 Å². The van der Waals surface area contributed by atoms with Gasteiger partial charge in [-0.3, -0.25) is 4.79 Å². The standard InChI is InChI=1S/C19H28N2O3/c1-14-16(23-2)12-15(13-17(14)24-3)18(22)21-10-6-19(7-11-21)4-8-20-9-5-19/h12-13,20H,4-11H2,1-3H3. The van der Waals surface area contributed by atoms with Gasteiger partial charge in [-0.15, -0.1) is 0 Å². The Labute approximate surface area is 144 Å². The van der Waals surface area contributed by atoms with Crippen LogP contribution in [0, 0.1) is 12.3 Å². The van der Waals surface area contributed by atoms with Crippen molar-refractivity contribution >= 4 is 5.91 Å². The van der Waals surface area contributed by atoms with Crippen molar-refractivity contribution in [2.24, 2.45) is 5.41 Å². The number of carbonyl (C=O) groups is 1. The highest BCUT2D eigenvalue weighted by molar-refractivity contribution is 5.95. The zero-order chi connectivity index (χ0) is 17.2. The van der Waals surface area contributed by atoms with E-state index < -0.39 is 0 Å². The van der Waals surface area contributed by atoms with Crippen molar-refractivity contribution in [1.82, 2.24) is 10.2 Å². The Morgan fingerprint density at radius 3 is 2.08 bits per heavy atom. The van der Waals surface area contributed by atoms with Crippen molar-refractivity contribution in [3.63, 3.8) is 0 Å². The van der Waals surface area contributed by atoms with E-state index in [0.29, 0.717) is 22.5 Å². The number of hydrogen-bond donors (Lipinski definition) is 1. The van der Waals surface area contributed by atoms with Gasteiger partial charge in [0.05, 0.1) is 14.2 Å². The van der Waals surface area contributed by atoms with Crippen LogP contribution in [0.2, 0.25) is 0 Å². The van der Waals surface area contributed by atoms with Crippen LogP contribution in [0.5, 0.6) is 11.5 Å². The number of piperidine rings is 2. The van der Waals surface area contributed by atoms with Gasteiger partial charge < -0.3 is 19.7 Å². The molecule has 2 aliphatic rings. The number of nitrogens with one attached hydrogen (secondary N) is 1. The molecule has 24 heavy (non-hydrogen) atoms. The summed E-state index contributed by atoms with van der Waals surface area (Å²) in [7, 11) is 3.25. The number of hydrogen-bond acceptors (Lipinski definition) is 4. The van der Waals surface area contributed by atoms with Crippen molar-refractivity contribution in [1.29, 1.82) is 0 Å². The first kappa shape index (κ1) is 17.1. The third-order valence-electron chi connectivity index (χ3n) is 5.77. The molecule has 2 fully saturated rings. The Morgan fingerprint density at radius 2 is 1.58 bits per heavy atom. The van der Waals surface area contributed by atoms with E-state index >= 15 is 0 Å². The smallest absolute Gasteiger partial charge is 0.254 e. The molecule has 0 unspecified atom stereocenters. The summed E-state index contributed by atoms with van der Waals surface area (Å²) in [6.45, 7) is 5.85. The highest BCUT2D eigenvalue weighted by Gasteiger charge is 2.37. The Kier molecular flexibility index (Phi) is 4.99. The molecule has 1 N–H and O–H groups in total. The van der Waals surface area contributed by atoms with Crippen LogP contribution in [0.25, 0.3) is 0 Å². The minimum absolute atomic E-state index is 0.0791. The summed E-state index contributed by atoms with van der Waals surface area (Å²) in [5.41, 5.74) is 2.02. The summed E-state index contributed by atoms with van der Waals surface area (Å²) >= 11 is 0. The summed E-state index contributed by atoms with van der Waals surface area (Å²) in [5.74, 6) is 1.48. The molecule has 5 nitrogen and oxygen atoms in total.